The molecule has 0 aliphatic carbocycles. The maximum absolute atomic E-state index is 13.0. The predicted octanol–water partition coefficient (Wildman–Crippen LogP) is 5.16. The minimum absolute atomic E-state index is 0.148. The van der Waals surface area contributed by atoms with Crippen molar-refractivity contribution in [3.05, 3.63) is 75.6 Å². The molecule has 4 aromatic rings. The number of H-pyrrole nitrogens is 1. The lowest BCUT2D eigenvalue weighted by molar-refractivity contribution is 0.103. The number of aryl methyl sites for hydroxylation is 1. The fraction of sp³-hybridized carbons (Fsp3) is 0.192. The summed E-state index contributed by atoms with van der Waals surface area (Å²) >= 11 is 1.42. The van der Waals surface area contributed by atoms with Crippen molar-refractivity contribution in [2.75, 3.05) is 36.4 Å². The van der Waals surface area contributed by atoms with Crippen molar-refractivity contribution in [3.8, 4) is 0 Å². The Bertz CT molecular complexity index is 1420. The first-order chi connectivity index (χ1) is 17.0. The molecule has 1 aliphatic heterocycles. The van der Waals surface area contributed by atoms with Crippen LogP contribution in [0.1, 0.15) is 26.5 Å². The van der Waals surface area contributed by atoms with Crippen LogP contribution in [0.3, 0.4) is 0 Å². The molecule has 2 aromatic heterocycles. The summed E-state index contributed by atoms with van der Waals surface area (Å²) in [7, 11) is 0. The van der Waals surface area contributed by atoms with Crippen molar-refractivity contribution in [2.24, 2.45) is 0 Å². The highest BCUT2D eigenvalue weighted by Crippen LogP contribution is 2.28. The first kappa shape index (κ1) is 22.7. The first-order valence-electron chi connectivity index (χ1n) is 11.3. The van der Waals surface area contributed by atoms with Crippen LogP contribution < -0.4 is 10.2 Å². The van der Waals surface area contributed by atoms with Crippen LogP contribution in [0.25, 0.3) is 23.1 Å². The van der Waals surface area contributed by atoms with Gasteiger partial charge >= 0.3 is 6.09 Å². The van der Waals surface area contributed by atoms with Crippen LogP contribution in [-0.2, 0) is 0 Å². The van der Waals surface area contributed by atoms with Crippen molar-refractivity contribution < 1.29 is 14.7 Å². The van der Waals surface area contributed by atoms with Crippen LogP contribution in [0.2, 0.25) is 0 Å². The number of carbonyl (C=O) groups excluding carboxylic acids is 1. The van der Waals surface area contributed by atoms with Gasteiger partial charge in [0.15, 0.2) is 0 Å². The zero-order valence-electron chi connectivity index (χ0n) is 19.2. The zero-order chi connectivity index (χ0) is 24.4. The van der Waals surface area contributed by atoms with E-state index in [1.807, 2.05) is 73.0 Å². The molecule has 1 fully saturated rings. The van der Waals surface area contributed by atoms with E-state index in [1.54, 1.807) is 0 Å². The number of piperazine rings is 1. The van der Waals surface area contributed by atoms with E-state index >= 15 is 0 Å². The average Bonchev–Trinajstić information content (AvgIpc) is 3.49. The van der Waals surface area contributed by atoms with Crippen LogP contribution in [0.15, 0.2) is 53.9 Å². The Morgan fingerprint density at radius 1 is 1.09 bits per heavy atom. The van der Waals surface area contributed by atoms with E-state index in [-0.39, 0.29) is 5.91 Å². The van der Waals surface area contributed by atoms with E-state index in [0.717, 1.165) is 33.4 Å². The van der Waals surface area contributed by atoms with Crippen LogP contribution in [-0.4, -0.2) is 58.4 Å². The molecule has 178 valence electrons. The van der Waals surface area contributed by atoms with Gasteiger partial charge in [0.2, 0.25) is 0 Å². The molecule has 0 atom stereocenters. The smallest absolute Gasteiger partial charge is 0.407 e. The molecular weight excluding hydrogens is 462 g/mol. The van der Waals surface area contributed by atoms with E-state index in [4.69, 9.17) is 0 Å². The van der Waals surface area contributed by atoms with E-state index in [2.05, 4.69) is 20.4 Å². The second-order valence-electron chi connectivity index (χ2n) is 8.40. The Morgan fingerprint density at radius 3 is 2.63 bits per heavy atom. The molecule has 3 N–H and O–H groups in total. The number of hydrogen-bond donors (Lipinski definition) is 3. The topological polar surface area (TPSA) is 102 Å². The molecule has 8 nitrogen and oxygen atoms in total. The van der Waals surface area contributed by atoms with Crippen LogP contribution >= 0.6 is 11.3 Å². The third-order valence-electron chi connectivity index (χ3n) is 6.19. The largest absolute Gasteiger partial charge is 0.465 e. The molecule has 3 heterocycles. The van der Waals surface area contributed by atoms with Gasteiger partial charge in [-0.1, -0.05) is 30.3 Å². The molecule has 1 saturated heterocycles. The Labute approximate surface area is 206 Å². The van der Waals surface area contributed by atoms with Crippen molar-refractivity contribution in [1.29, 1.82) is 0 Å². The third kappa shape index (κ3) is 4.76. The second kappa shape index (κ2) is 9.63. The van der Waals surface area contributed by atoms with Crippen molar-refractivity contribution >= 4 is 57.8 Å². The summed E-state index contributed by atoms with van der Waals surface area (Å²) in [6.45, 7) is 4.00. The summed E-state index contributed by atoms with van der Waals surface area (Å²) in [5, 5.41) is 22.7. The Balaban J connectivity index is 1.45. The van der Waals surface area contributed by atoms with Crippen LogP contribution in [0.5, 0.6) is 0 Å². The van der Waals surface area contributed by atoms with Gasteiger partial charge in [-0.25, -0.2) is 4.79 Å². The zero-order valence-corrected chi connectivity index (χ0v) is 20.0. The lowest BCUT2D eigenvalue weighted by Gasteiger charge is -2.35. The van der Waals surface area contributed by atoms with Gasteiger partial charge in [-0.15, -0.1) is 11.3 Å². The van der Waals surface area contributed by atoms with E-state index in [0.29, 0.717) is 36.7 Å². The van der Waals surface area contributed by atoms with E-state index < -0.39 is 6.09 Å². The number of carbonyl (C=O) groups is 2. The number of nitrogens with zero attached hydrogens (tertiary/aromatic N) is 3. The Morgan fingerprint density at radius 2 is 1.89 bits per heavy atom. The van der Waals surface area contributed by atoms with Gasteiger partial charge in [0.25, 0.3) is 5.91 Å². The fourth-order valence-electron chi connectivity index (χ4n) is 4.22. The number of fused-ring (bicyclic) bond motifs is 1. The highest BCUT2D eigenvalue weighted by atomic mass is 32.1. The van der Waals surface area contributed by atoms with Gasteiger partial charge in [-0.3, -0.25) is 9.89 Å². The molecule has 0 unspecified atom stereocenters. The van der Waals surface area contributed by atoms with Crippen LogP contribution in [0, 0.1) is 6.92 Å². The quantitative estimate of drug-likeness (QED) is 0.361. The maximum atomic E-state index is 13.0. The molecule has 0 bridgehead atoms. The average molecular weight is 488 g/mol. The molecule has 0 spiro atoms. The highest BCUT2D eigenvalue weighted by molar-refractivity contribution is 7.12. The lowest BCUT2D eigenvalue weighted by atomic mass is 10.1. The lowest BCUT2D eigenvalue weighted by Crippen LogP contribution is -2.48. The number of anilines is 2. The monoisotopic (exact) mass is 487 g/mol. The normalized spacial score (nSPS) is 14.1. The van der Waals surface area contributed by atoms with Crippen molar-refractivity contribution in [3.63, 3.8) is 0 Å². The SMILES string of the molecule is Cc1ccsc1C(=O)Nc1cc(N2CCN(C(=O)O)CC2)ccc1C=Cc1n[nH]c2ccccc12. The molecule has 0 saturated carbocycles. The number of hydrogen-bond acceptors (Lipinski definition) is 5. The summed E-state index contributed by atoms with van der Waals surface area (Å²) in [6, 6.07) is 15.8. The number of aromatic amines is 1. The Hall–Kier alpha value is -4.11. The molecule has 9 heteroatoms. The maximum Gasteiger partial charge on any atom is 0.407 e. The first-order valence-corrected chi connectivity index (χ1v) is 12.2. The predicted molar refractivity (Wildman–Crippen MR) is 140 cm³/mol. The summed E-state index contributed by atoms with van der Waals surface area (Å²) in [4.78, 5) is 28.5. The molecule has 1 aliphatic rings. The van der Waals surface area contributed by atoms with Gasteiger partial charge in [0, 0.05) is 37.3 Å². The number of aromatic nitrogens is 2. The number of thiophene rings is 1. The summed E-state index contributed by atoms with van der Waals surface area (Å²) in [6.07, 6.45) is 2.99. The molecule has 2 aromatic carbocycles. The summed E-state index contributed by atoms with van der Waals surface area (Å²) in [5.41, 5.74) is 5.21. The van der Waals surface area contributed by atoms with Gasteiger partial charge in [-0.05, 0) is 53.8 Å². The standard InChI is InChI=1S/C26H25N5O3S/c1-17-10-15-35-24(17)25(32)27-23-16-19(30-11-13-31(14-12-30)26(33)34)8-6-18(23)7-9-22-20-4-2-3-5-21(20)28-29-22/h2-10,15-16H,11-14H2,1H3,(H,27,32)(H,28,29)(H,33,34). The van der Waals surface area contributed by atoms with E-state index in [1.165, 1.54) is 16.2 Å². The van der Waals surface area contributed by atoms with Crippen molar-refractivity contribution in [1.82, 2.24) is 15.1 Å². The number of nitrogens with one attached hydrogen (secondary N) is 2. The van der Waals surface area contributed by atoms with Crippen LogP contribution in [0.4, 0.5) is 16.2 Å². The number of amides is 2. The summed E-state index contributed by atoms with van der Waals surface area (Å²) in [5.74, 6) is -0.148. The number of rotatable bonds is 5. The molecule has 5 rings (SSSR count). The van der Waals surface area contributed by atoms with Gasteiger partial charge in [-0.2, -0.15) is 5.10 Å². The minimum Gasteiger partial charge on any atom is -0.465 e. The van der Waals surface area contributed by atoms with Gasteiger partial charge in [0.1, 0.15) is 0 Å². The number of benzene rings is 2. The van der Waals surface area contributed by atoms with E-state index in [9.17, 15) is 14.7 Å². The molecular formula is C26H25N5O3S. The number of para-hydroxylation sites is 1. The molecule has 35 heavy (non-hydrogen) atoms. The molecule has 2 amide bonds. The minimum atomic E-state index is -0.893. The number of carboxylic acid groups (broad SMARTS) is 1. The van der Waals surface area contributed by atoms with Crippen molar-refractivity contribution in [2.45, 2.75) is 6.92 Å². The summed E-state index contributed by atoms with van der Waals surface area (Å²) < 4.78 is 0. The highest BCUT2D eigenvalue weighted by Gasteiger charge is 2.21. The fourth-order valence-corrected chi connectivity index (χ4v) is 5.04. The van der Waals surface area contributed by atoms with Gasteiger partial charge in [0.05, 0.1) is 21.8 Å². The third-order valence-corrected chi connectivity index (χ3v) is 7.20. The molecule has 0 radical (unpaired) electrons. The van der Waals surface area contributed by atoms with Gasteiger partial charge < -0.3 is 20.2 Å². The Kier molecular flexibility index (Phi) is 6.24. The second-order valence-corrected chi connectivity index (χ2v) is 9.32.